The van der Waals surface area contributed by atoms with Crippen LogP contribution < -0.4 is 21.3 Å². The smallest absolute Gasteiger partial charge is 0.273 e. The van der Waals surface area contributed by atoms with E-state index < -0.39 is 41.3 Å². The van der Waals surface area contributed by atoms with Crippen molar-refractivity contribution in [2.45, 2.75) is 64.0 Å². The minimum Gasteiger partial charge on any atom is -0.391 e. The number of hydrogen-bond acceptors (Lipinski definition) is 15. The maximum atomic E-state index is 14.1. The van der Waals surface area contributed by atoms with E-state index in [1.807, 2.05) is 88.7 Å². The normalized spacial score (nSPS) is 15.7. The molecular weight excluding hydrogens is 849 g/mol. The van der Waals surface area contributed by atoms with Gasteiger partial charge in [0.1, 0.15) is 18.7 Å². The summed E-state index contributed by atoms with van der Waals surface area (Å²) in [5.41, 5.74) is 10.8. The number of thioether (sulfide) groups is 1. The molecule has 1 saturated heterocycles. The number of benzene rings is 2. The van der Waals surface area contributed by atoms with Crippen LogP contribution in [0.5, 0.6) is 0 Å². The van der Waals surface area contributed by atoms with E-state index in [0.717, 1.165) is 32.7 Å². The van der Waals surface area contributed by atoms with Gasteiger partial charge in [-0.1, -0.05) is 50.7 Å². The molecule has 0 unspecified atom stereocenters. The second-order valence-electron chi connectivity index (χ2n) is 16.0. The van der Waals surface area contributed by atoms with Gasteiger partial charge < -0.3 is 50.1 Å². The Hall–Kier alpha value is -5.51. The fourth-order valence-corrected chi connectivity index (χ4v) is 8.26. The standard InChI is InChI=1S/C43H54N10O8S2/c1-26-36(63-25-45-26)27-10-12-28(13-11-27)51(5)40(57)33-22-29(54)23-53(33)41(58)37(43(2,3)4)47-34(55)24-61-21-20-60-19-18-59-17-16-52-15-14-30-31(8-7-9-32(30)52)46-39-35(38(44)56)49-50-42(48-39)62-6/h7-15,25,29,33,37,54H,16-24H2,1-6H3,(H2,44,56)(H,47,55)(H,46,48,50)/t29-,33+,37-/m1/s1. The molecule has 3 atom stereocenters. The number of nitrogens with zero attached hydrogens (tertiary/aromatic N) is 7. The number of rotatable bonds is 20. The first-order valence-electron chi connectivity index (χ1n) is 20.4. The molecule has 336 valence electrons. The van der Waals surface area contributed by atoms with Gasteiger partial charge in [0.2, 0.25) is 22.9 Å². The van der Waals surface area contributed by atoms with E-state index in [1.165, 1.54) is 21.6 Å². The minimum atomic E-state index is -0.982. The lowest BCUT2D eigenvalue weighted by molar-refractivity contribution is -0.144. The first-order valence-corrected chi connectivity index (χ1v) is 22.5. The molecule has 20 heteroatoms. The highest BCUT2D eigenvalue weighted by Gasteiger charge is 2.45. The van der Waals surface area contributed by atoms with E-state index in [0.29, 0.717) is 37.2 Å². The third-order valence-corrected chi connectivity index (χ3v) is 12.0. The number of amides is 4. The maximum Gasteiger partial charge on any atom is 0.273 e. The lowest BCUT2D eigenvalue weighted by Crippen LogP contribution is -2.58. The third kappa shape index (κ3) is 11.7. The van der Waals surface area contributed by atoms with E-state index >= 15 is 0 Å². The minimum absolute atomic E-state index is 0.0286. The molecule has 6 rings (SSSR count). The van der Waals surface area contributed by atoms with Crippen molar-refractivity contribution in [2.75, 3.05) is 69.7 Å². The zero-order valence-electron chi connectivity index (χ0n) is 36.2. The number of fused-ring (bicyclic) bond motifs is 1. The number of likely N-dealkylation sites (tertiary alicyclic amines) is 1. The lowest BCUT2D eigenvalue weighted by Gasteiger charge is -2.36. The van der Waals surface area contributed by atoms with E-state index in [4.69, 9.17) is 19.9 Å². The Kier molecular flexibility index (Phi) is 15.8. The van der Waals surface area contributed by atoms with Gasteiger partial charge in [-0.3, -0.25) is 19.2 Å². The van der Waals surface area contributed by atoms with Crippen molar-refractivity contribution < 1.29 is 38.5 Å². The third-order valence-electron chi connectivity index (χ3n) is 10.5. The number of aliphatic hydroxyl groups excluding tert-OH is 1. The maximum absolute atomic E-state index is 14.1. The Bertz CT molecular complexity index is 2390. The zero-order valence-corrected chi connectivity index (χ0v) is 37.8. The van der Waals surface area contributed by atoms with Crippen molar-refractivity contribution in [3.8, 4) is 10.4 Å². The SMILES string of the molecule is CSc1nnc(C(N)=O)c(Nc2cccc3c2ccn3CCOCCOCCOCC(=O)N[C@H](C(=O)N2C[C@H](O)C[C@H]2C(=O)N(C)c2ccc(-c3scnc3C)cc2)C(C)(C)C)n1. The number of β-amino-alcohol motifs (C(OH)–C–C–N with tert-alkyl or cyclic N) is 1. The number of carbonyl (C=O) groups excluding carboxylic acids is 4. The van der Waals surface area contributed by atoms with Crippen molar-refractivity contribution in [3.05, 3.63) is 71.6 Å². The fraction of sp³-hybridized carbons (Fsp3) is 0.442. The van der Waals surface area contributed by atoms with Crippen LogP contribution >= 0.6 is 23.1 Å². The summed E-state index contributed by atoms with van der Waals surface area (Å²) in [7, 11) is 1.65. The van der Waals surface area contributed by atoms with Crippen LogP contribution in [0.4, 0.5) is 17.2 Å². The summed E-state index contributed by atoms with van der Waals surface area (Å²) in [6, 6.07) is 13.4. The fourth-order valence-electron chi connectivity index (χ4n) is 7.15. The molecule has 1 fully saturated rings. The van der Waals surface area contributed by atoms with Crippen molar-refractivity contribution in [3.63, 3.8) is 0 Å². The molecule has 0 radical (unpaired) electrons. The molecule has 0 saturated carbocycles. The average Bonchev–Trinajstić information content (AvgIpc) is 4.00. The van der Waals surface area contributed by atoms with Crippen LogP contribution in [0.15, 0.2) is 65.4 Å². The molecule has 18 nitrogen and oxygen atoms in total. The average molecular weight is 903 g/mol. The molecule has 5 aromatic rings. The number of aromatic nitrogens is 5. The molecule has 4 heterocycles. The second-order valence-corrected chi connectivity index (χ2v) is 17.6. The van der Waals surface area contributed by atoms with E-state index in [2.05, 4.69) is 35.4 Å². The number of hydrogen-bond donors (Lipinski definition) is 4. The monoisotopic (exact) mass is 902 g/mol. The van der Waals surface area contributed by atoms with Gasteiger partial charge in [0.15, 0.2) is 11.5 Å². The van der Waals surface area contributed by atoms with Crippen LogP contribution in [-0.4, -0.2) is 136 Å². The van der Waals surface area contributed by atoms with E-state index in [-0.39, 0.29) is 50.2 Å². The van der Waals surface area contributed by atoms with Crippen molar-refractivity contribution in [2.24, 2.45) is 11.1 Å². The van der Waals surface area contributed by atoms with Gasteiger partial charge in [0.25, 0.3) is 5.91 Å². The first kappa shape index (κ1) is 47.0. The van der Waals surface area contributed by atoms with Crippen LogP contribution in [0, 0.1) is 12.3 Å². The number of aryl methyl sites for hydroxylation is 1. The van der Waals surface area contributed by atoms with Gasteiger partial charge in [-0.15, -0.1) is 21.5 Å². The number of thiazole rings is 1. The predicted octanol–water partition coefficient (Wildman–Crippen LogP) is 4.03. The molecule has 2 aromatic carbocycles. The number of nitrogens with one attached hydrogen (secondary N) is 2. The molecule has 1 aliphatic heterocycles. The number of likely N-dealkylation sites (N-methyl/N-ethyl adjacent to an activating group) is 1. The largest absolute Gasteiger partial charge is 0.391 e. The van der Waals surface area contributed by atoms with Crippen LogP contribution in [0.25, 0.3) is 21.3 Å². The Morgan fingerprint density at radius 1 is 1.02 bits per heavy atom. The number of primary amides is 1. The molecule has 0 bridgehead atoms. The molecule has 3 aromatic heterocycles. The molecule has 0 aliphatic carbocycles. The topological polar surface area (TPSA) is 229 Å². The number of anilines is 3. The quantitative estimate of drug-likeness (QED) is 0.0639. The van der Waals surface area contributed by atoms with Crippen LogP contribution in [0.3, 0.4) is 0 Å². The number of carbonyl (C=O) groups is 4. The van der Waals surface area contributed by atoms with Gasteiger partial charge in [-0.05, 0) is 54.5 Å². The summed E-state index contributed by atoms with van der Waals surface area (Å²) in [4.78, 5) is 65.5. The first-order chi connectivity index (χ1) is 30.2. The molecule has 5 N–H and O–H groups in total. The van der Waals surface area contributed by atoms with Gasteiger partial charge >= 0.3 is 0 Å². The van der Waals surface area contributed by atoms with Crippen LogP contribution in [0.2, 0.25) is 0 Å². The zero-order chi connectivity index (χ0) is 45.3. The predicted molar refractivity (Wildman–Crippen MR) is 241 cm³/mol. The molecule has 1 aliphatic rings. The van der Waals surface area contributed by atoms with E-state index in [9.17, 15) is 24.3 Å². The summed E-state index contributed by atoms with van der Waals surface area (Å²) in [6.07, 6.45) is 2.96. The summed E-state index contributed by atoms with van der Waals surface area (Å²) >= 11 is 2.84. The summed E-state index contributed by atoms with van der Waals surface area (Å²) < 4.78 is 19.0. The van der Waals surface area contributed by atoms with Crippen molar-refractivity contribution in [1.29, 1.82) is 0 Å². The molecule has 0 spiro atoms. The lowest BCUT2D eigenvalue weighted by atomic mass is 9.85. The van der Waals surface area contributed by atoms with Gasteiger partial charge in [0, 0.05) is 49.5 Å². The Morgan fingerprint density at radius 3 is 2.40 bits per heavy atom. The Morgan fingerprint density at radius 2 is 1.73 bits per heavy atom. The highest BCUT2D eigenvalue weighted by molar-refractivity contribution is 7.98. The van der Waals surface area contributed by atoms with Gasteiger partial charge in [-0.25, -0.2) is 9.97 Å². The van der Waals surface area contributed by atoms with Crippen LogP contribution in [-0.2, 0) is 35.1 Å². The summed E-state index contributed by atoms with van der Waals surface area (Å²) in [5.74, 6) is -1.78. The highest BCUT2D eigenvalue weighted by atomic mass is 32.2. The molecule has 4 amide bonds. The Labute approximate surface area is 373 Å². The van der Waals surface area contributed by atoms with Crippen LogP contribution in [0.1, 0.15) is 43.4 Å². The number of nitrogens with two attached hydrogens (primary N) is 1. The highest BCUT2D eigenvalue weighted by Crippen LogP contribution is 2.32. The number of aliphatic hydroxyl groups is 1. The van der Waals surface area contributed by atoms with Gasteiger partial charge in [0.05, 0.1) is 60.7 Å². The Balaban J connectivity index is 0.908. The van der Waals surface area contributed by atoms with Gasteiger partial charge in [-0.2, -0.15) is 0 Å². The molecular formula is C43H54N10O8S2. The van der Waals surface area contributed by atoms with E-state index in [1.54, 1.807) is 23.9 Å². The summed E-state index contributed by atoms with van der Waals surface area (Å²) in [6.45, 7) is 9.15. The van der Waals surface area contributed by atoms with Crippen molar-refractivity contribution >= 4 is 74.8 Å². The molecule has 63 heavy (non-hydrogen) atoms. The number of ether oxygens (including phenoxy) is 3. The van der Waals surface area contributed by atoms with Crippen molar-refractivity contribution in [1.82, 2.24) is 34.9 Å². The summed E-state index contributed by atoms with van der Waals surface area (Å²) in [5, 5.41) is 25.8. The second kappa shape index (κ2) is 21.2.